The summed E-state index contributed by atoms with van der Waals surface area (Å²) in [6, 6.07) is 4.45. The van der Waals surface area contributed by atoms with Crippen LogP contribution < -0.4 is 0 Å². The second-order valence-electron chi connectivity index (χ2n) is 8.16. The van der Waals surface area contributed by atoms with Gasteiger partial charge in [-0.1, -0.05) is 26.8 Å². The maximum atomic E-state index is 6.54. The van der Waals surface area contributed by atoms with E-state index >= 15 is 0 Å². The van der Waals surface area contributed by atoms with Gasteiger partial charge in [0, 0.05) is 6.10 Å². The molecule has 1 heterocycles. The topological polar surface area (TPSA) is 22.1 Å². The summed E-state index contributed by atoms with van der Waals surface area (Å²) >= 11 is 1.74. The van der Waals surface area contributed by atoms with Crippen LogP contribution in [0.25, 0.3) is 10.2 Å². The summed E-state index contributed by atoms with van der Waals surface area (Å²) < 4.78 is 7.86. The number of nitrogens with zero attached hydrogens (tertiary/aromatic N) is 1. The highest BCUT2D eigenvalue weighted by Gasteiger charge is 2.43. The van der Waals surface area contributed by atoms with E-state index in [-0.39, 0.29) is 0 Å². The van der Waals surface area contributed by atoms with Gasteiger partial charge < -0.3 is 4.43 Å². The van der Waals surface area contributed by atoms with Crippen molar-refractivity contribution in [2.45, 2.75) is 70.7 Å². The average Bonchev–Trinajstić information content (AvgIpc) is 2.81. The third-order valence-electron chi connectivity index (χ3n) is 5.53. The van der Waals surface area contributed by atoms with E-state index in [2.05, 4.69) is 57.9 Å². The molecule has 0 spiro atoms. The first-order valence-corrected chi connectivity index (χ1v) is 12.0. The van der Waals surface area contributed by atoms with Crippen molar-refractivity contribution in [2.24, 2.45) is 0 Å². The van der Waals surface area contributed by atoms with E-state index in [0.717, 1.165) is 12.8 Å². The molecule has 0 unspecified atom stereocenters. The fourth-order valence-electron chi connectivity index (χ4n) is 3.06. The molecule has 1 aromatic heterocycles. The molecule has 120 valence electrons. The van der Waals surface area contributed by atoms with E-state index in [0.29, 0.717) is 17.1 Å². The molecule has 3 rings (SSSR count). The number of hydrogen-bond acceptors (Lipinski definition) is 3. The number of thiazole rings is 1. The molecule has 1 aromatic carbocycles. The zero-order valence-corrected chi connectivity index (χ0v) is 16.4. The molecule has 2 aromatic rings. The SMILES string of the molecule is Cc1ccc2scnc2c1C1CC(O[Si](C)(C)C(C)(C)C)C1. The molecule has 1 saturated carbocycles. The third kappa shape index (κ3) is 2.77. The second-order valence-corrected chi connectivity index (χ2v) is 13.8. The molecule has 0 amide bonds. The van der Waals surface area contributed by atoms with E-state index in [1.54, 1.807) is 11.3 Å². The lowest BCUT2D eigenvalue weighted by Crippen LogP contribution is -2.47. The Bertz CT molecular complexity index is 680. The van der Waals surface area contributed by atoms with Gasteiger partial charge in [0.25, 0.3) is 0 Å². The quantitative estimate of drug-likeness (QED) is 0.655. The van der Waals surface area contributed by atoms with E-state index in [4.69, 9.17) is 4.43 Å². The molecule has 0 atom stereocenters. The van der Waals surface area contributed by atoms with Crippen LogP contribution in [0.15, 0.2) is 17.6 Å². The first kappa shape index (κ1) is 16.2. The molecular weight excluding hydrogens is 306 g/mol. The van der Waals surface area contributed by atoms with Gasteiger partial charge in [0.05, 0.1) is 15.7 Å². The van der Waals surface area contributed by atoms with Crippen molar-refractivity contribution in [1.29, 1.82) is 0 Å². The standard InChI is InChI=1S/C18H27NOSSi/c1-12-7-8-15-17(19-11-21-15)16(12)13-9-14(10-13)20-22(5,6)18(2,3)4/h7-8,11,13-14H,9-10H2,1-6H3. The van der Waals surface area contributed by atoms with Gasteiger partial charge in [0.15, 0.2) is 8.32 Å². The second kappa shape index (κ2) is 5.43. The minimum Gasteiger partial charge on any atom is -0.414 e. The largest absolute Gasteiger partial charge is 0.414 e. The van der Waals surface area contributed by atoms with E-state index in [1.807, 2.05) is 5.51 Å². The summed E-state index contributed by atoms with van der Waals surface area (Å²) in [6.07, 6.45) is 2.76. The van der Waals surface area contributed by atoms with Crippen LogP contribution in [0.3, 0.4) is 0 Å². The van der Waals surface area contributed by atoms with Crippen molar-refractivity contribution < 1.29 is 4.43 Å². The smallest absolute Gasteiger partial charge is 0.192 e. The molecule has 0 radical (unpaired) electrons. The number of benzene rings is 1. The van der Waals surface area contributed by atoms with E-state index < -0.39 is 8.32 Å². The number of fused-ring (bicyclic) bond motifs is 1. The number of rotatable bonds is 3. The highest BCUT2D eigenvalue weighted by atomic mass is 32.1. The van der Waals surface area contributed by atoms with Gasteiger partial charge in [-0.2, -0.15) is 0 Å². The van der Waals surface area contributed by atoms with Gasteiger partial charge in [-0.05, 0) is 61.0 Å². The van der Waals surface area contributed by atoms with Crippen LogP contribution in [0.5, 0.6) is 0 Å². The number of hydrogen-bond donors (Lipinski definition) is 0. The van der Waals surface area contributed by atoms with Crippen molar-refractivity contribution in [2.75, 3.05) is 0 Å². The van der Waals surface area contributed by atoms with Gasteiger partial charge in [-0.25, -0.2) is 4.98 Å². The summed E-state index contributed by atoms with van der Waals surface area (Å²) in [6.45, 7) is 13.9. The molecular formula is C18H27NOSSi. The van der Waals surface area contributed by atoms with Crippen LogP contribution in [0.4, 0.5) is 0 Å². The lowest BCUT2D eigenvalue weighted by Gasteiger charge is -2.45. The van der Waals surface area contributed by atoms with Gasteiger partial charge in [-0.3, -0.25) is 0 Å². The van der Waals surface area contributed by atoms with E-state index in [1.165, 1.54) is 21.3 Å². The Labute approximate surface area is 139 Å². The summed E-state index contributed by atoms with van der Waals surface area (Å²) in [5.74, 6) is 0.626. The lowest BCUT2D eigenvalue weighted by atomic mass is 9.76. The van der Waals surface area contributed by atoms with Crippen molar-refractivity contribution >= 4 is 29.9 Å². The van der Waals surface area contributed by atoms with Crippen molar-refractivity contribution in [3.8, 4) is 0 Å². The minimum atomic E-state index is -1.64. The molecule has 1 aliphatic rings. The summed E-state index contributed by atoms with van der Waals surface area (Å²) in [5.41, 5.74) is 6.04. The predicted molar refractivity (Wildman–Crippen MR) is 98.4 cm³/mol. The number of aromatic nitrogens is 1. The maximum absolute atomic E-state index is 6.54. The summed E-state index contributed by atoms with van der Waals surface area (Å²) in [5, 5.41) is 0.295. The molecule has 1 fully saturated rings. The zero-order valence-electron chi connectivity index (χ0n) is 14.6. The fourth-order valence-corrected chi connectivity index (χ4v) is 5.13. The van der Waals surface area contributed by atoms with Crippen LogP contribution in [-0.4, -0.2) is 19.4 Å². The maximum Gasteiger partial charge on any atom is 0.192 e. The molecule has 0 bridgehead atoms. The molecule has 0 aliphatic heterocycles. The lowest BCUT2D eigenvalue weighted by molar-refractivity contribution is 0.0843. The first-order chi connectivity index (χ1) is 10.2. The normalized spacial score (nSPS) is 22.8. The van der Waals surface area contributed by atoms with Crippen molar-refractivity contribution in [3.63, 3.8) is 0 Å². The molecule has 0 saturated heterocycles. The van der Waals surface area contributed by atoms with Gasteiger partial charge in [0.2, 0.25) is 0 Å². The third-order valence-corrected chi connectivity index (χ3v) is 10.9. The summed E-state index contributed by atoms with van der Waals surface area (Å²) in [4.78, 5) is 4.61. The Morgan fingerprint density at radius 2 is 1.91 bits per heavy atom. The van der Waals surface area contributed by atoms with Crippen LogP contribution >= 0.6 is 11.3 Å². The van der Waals surface area contributed by atoms with Crippen LogP contribution in [-0.2, 0) is 4.43 Å². The predicted octanol–water partition coefficient (Wildman–Crippen LogP) is 5.87. The Hall–Kier alpha value is -0.713. The van der Waals surface area contributed by atoms with Crippen molar-refractivity contribution in [3.05, 3.63) is 28.8 Å². The Kier molecular flexibility index (Phi) is 3.99. The minimum absolute atomic E-state index is 0.295. The highest BCUT2D eigenvalue weighted by molar-refractivity contribution is 7.16. The van der Waals surface area contributed by atoms with Gasteiger partial charge in [-0.15, -0.1) is 11.3 Å². The van der Waals surface area contributed by atoms with Crippen LogP contribution in [0.2, 0.25) is 18.1 Å². The fraction of sp³-hybridized carbons (Fsp3) is 0.611. The highest BCUT2D eigenvalue weighted by Crippen LogP contribution is 2.46. The van der Waals surface area contributed by atoms with E-state index in [9.17, 15) is 0 Å². The molecule has 22 heavy (non-hydrogen) atoms. The van der Waals surface area contributed by atoms with Crippen molar-refractivity contribution in [1.82, 2.24) is 4.98 Å². The molecule has 2 nitrogen and oxygen atoms in total. The average molecular weight is 334 g/mol. The Morgan fingerprint density at radius 1 is 1.23 bits per heavy atom. The van der Waals surface area contributed by atoms with Crippen LogP contribution in [0, 0.1) is 6.92 Å². The number of aryl methyl sites for hydroxylation is 1. The Morgan fingerprint density at radius 3 is 2.55 bits per heavy atom. The molecule has 1 aliphatic carbocycles. The van der Waals surface area contributed by atoms with Gasteiger partial charge in [0.1, 0.15) is 0 Å². The van der Waals surface area contributed by atoms with Crippen LogP contribution in [0.1, 0.15) is 50.7 Å². The Balaban J connectivity index is 1.73. The molecule has 4 heteroatoms. The molecule has 0 N–H and O–H groups in total. The monoisotopic (exact) mass is 333 g/mol. The zero-order chi connectivity index (χ0) is 16.1. The van der Waals surface area contributed by atoms with Gasteiger partial charge >= 0.3 is 0 Å². The first-order valence-electron chi connectivity index (χ1n) is 8.19. The summed E-state index contributed by atoms with van der Waals surface area (Å²) in [7, 11) is -1.64.